The first-order valence-corrected chi connectivity index (χ1v) is 9.68. The summed E-state index contributed by atoms with van der Waals surface area (Å²) in [7, 11) is 0. The van der Waals surface area contributed by atoms with Crippen LogP contribution in [-0.2, 0) is 6.54 Å². The van der Waals surface area contributed by atoms with Crippen LogP contribution in [0.3, 0.4) is 0 Å². The second-order valence-electron chi connectivity index (χ2n) is 7.60. The normalized spacial score (nSPS) is 19.7. The summed E-state index contributed by atoms with van der Waals surface area (Å²) in [5, 5.41) is 21.3. The highest BCUT2D eigenvalue weighted by atomic mass is 35.5. The quantitative estimate of drug-likeness (QED) is 0.675. The average Bonchev–Trinajstić information content (AvgIpc) is 3.21. The lowest BCUT2D eigenvalue weighted by atomic mass is 9.84. The average molecular weight is 409 g/mol. The van der Waals surface area contributed by atoms with Gasteiger partial charge in [0.25, 0.3) is 0 Å². The minimum atomic E-state index is -0.852. The number of hydrogen-bond donors (Lipinski definition) is 2. The van der Waals surface area contributed by atoms with Crippen molar-refractivity contribution in [2.75, 3.05) is 4.90 Å². The van der Waals surface area contributed by atoms with Crippen LogP contribution in [0.5, 0.6) is 5.75 Å². The highest BCUT2D eigenvalue weighted by molar-refractivity contribution is 6.30. The molecule has 1 unspecified atom stereocenters. The Kier molecular flexibility index (Phi) is 4.95. The molecule has 2 aromatic carbocycles. The molecule has 0 bridgehead atoms. The number of anilines is 1. The van der Waals surface area contributed by atoms with E-state index in [1.807, 2.05) is 38.1 Å². The molecule has 4 rings (SSSR count). The van der Waals surface area contributed by atoms with Gasteiger partial charge in [0.2, 0.25) is 0 Å². The number of fused-ring (bicyclic) bond motifs is 1. The summed E-state index contributed by atoms with van der Waals surface area (Å²) in [5.41, 5.74) is 1.33. The van der Waals surface area contributed by atoms with Gasteiger partial charge in [-0.25, -0.2) is 4.98 Å². The lowest BCUT2D eigenvalue weighted by Crippen LogP contribution is -2.53. The van der Waals surface area contributed by atoms with E-state index < -0.39 is 17.7 Å². The van der Waals surface area contributed by atoms with E-state index in [4.69, 9.17) is 16.3 Å². The fourth-order valence-electron chi connectivity index (χ4n) is 3.70. The molecule has 0 radical (unpaired) electrons. The van der Waals surface area contributed by atoms with Gasteiger partial charge in [-0.05, 0) is 56.3 Å². The fraction of sp³-hybridized carbons (Fsp3) is 0.273. The zero-order valence-corrected chi connectivity index (χ0v) is 16.9. The molecule has 29 heavy (non-hydrogen) atoms. The maximum Gasteiger partial charge on any atom is 0.132 e. The van der Waals surface area contributed by atoms with Gasteiger partial charge >= 0.3 is 0 Å². The van der Waals surface area contributed by atoms with Crippen LogP contribution in [0.4, 0.5) is 5.69 Å². The number of imidazole rings is 1. The van der Waals surface area contributed by atoms with E-state index in [1.54, 1.807) is 30.6 Å². The molecule has 1 aliphatic heterocycles. The molecule has 3 aromatic rings. The SMILES string of the molecule is CC1(C)Oc2ccc(C#N)cc2C(N(Cc2ncc[nH]2)c2ccc(Cl)cc2)[C@H]1O. The monoisotopic (exact) mass is 408 g/mol. The van der Waals surface area contributed by atoms with Crippen LogP contribution in [0, 0.1) is 11.3 Å². The maximum absolute atomic E-state index is 11.3. The zero-order chi connectivity index (χ0) is 20.6. The molecule has 1 aromatic heterocycles. The lowest BCUT2D eigenvalue weighted by Gasteiger charge is -2.47. The van der Waals surface area contributed by atoms with Crippen molar-refractivity contribution in [1.82, 2.24) is 9.97 Å². The number of aromatic nitrogens is 2. The first kappa shape index (κ1) is 19.3. The van der Waals surface area contributed by atoms with Gasteiger partial charge in [-0.15, -0.1) is 0 Å². The number of aromatic amines is 1. The molecule has 0 amide bonds. The third-order valence-electron chi connectivity index (χ3n) is 5.21. The number of H-pyrrole nitrogens is 1. The molecule has 0 fully saturated rings. The van der Waals surface area contributed by atoms with Crippen molar-refractivity contribution in [3.8, 4) is 11.8 Å². The van der Waals surface area contributed by atoms with Gasteiger partial charge in [-0.3, -0.25) is 0 Å². The number of rotatable bonds is 4. The van der Waals surface area contributed by atoms with Gasteiger partial charge in [-0.2, -0.15) is 5.26 Å². The molecule has 0 saturated carbocycles. The van der Waals surface area contributed by atoms with Crippen molar-refractivity contribution in [2.24, 2.45) is 0 Å². The Labute approximate surface area is 174 Å². The zero-order valence-electron chi connectivity index (χ0n) is 16.1. The van der Waals surface area contributed by atoms with Crippen molar-refractivity contribution < 1.29 is 9.84 Å². The van der Waals surface area contributed by atoms with Crippen LogP contribution in [0.2, 0.25) is 5.02 Å². The second-order valence-corrected chi connectivity index (χ2v) is 8.04. The Morgan fingerprint density at radius 3 is 2.69 bits per heavy atom. The van der Waals surface area contributed by atoms with Crippen LogP contribution in [0.25, 0.3) is 0 Å². The number of hydrogen-bond acceptors (Lipinski definition) is 5. The summed E-state index contributed by atoms with van der Waals surface area (Å²) >= 11 is 6.10. The van der Waals surface area contributed by atoms with Gasteiger partial charge in [0, 0.05) is 28.7 Å². The van der Waals surface area contributed by atoms with Gasteiger partial charge in [0.15, 0.2) is 0 Å². The van der Waals surface area contributed by atoms with E-state index in [2.05, 4.69) is 20.9 Å². The number of nitrogens with one attached hydrogen (secondary N) is 1. The Balaban J connectivity index is 1.88. The molecular formula is C22H21ClN4O2. The highest BCUT2D eigenvalue weighted by Gasteiger charge is 2.45. The molecule has 1 aliphatic rings. The third-order valence-corrected chi connectivity index (χ3v) is 5.46. The number of aliphatic hydroxyl groups is 1. The molecule has 2 heterocycles. The number of halogens is 1. The first-order valence-electron chi connectivity index (χ1n) is 9.30. The van der Waals surface area contributed by atoms with Crippen LogP contribution in [0.1, 0.15) is 36.8 Å². The molecule has 148 valence electrons. The van der Waals surface area contributed by atoms with E-state index >= 15 is 0 Å². The van der Waals surface area contributed by atoms with Crippen molar-refractivity contribution in [2.45, 2.75) is 38.1 Å². The van der Waals surface area contributed by atoms with Gasteiger partial charge < -0.3 is 19.7 Å². The summed E-state index contributed by atoms with van der Waals surface area (Å²) in [6.07, 6.45) is 2.61. The fourth-order valence-corrected chi connectivity index (χ4v) is 3.83. The van der Waals surface area contributed by atoms with E-state index in [1.165, 1.54) is 0 Å². The summed E-state index contributed by atoms with van der Waals surface area (Å²) in [4.78, 5) is 9.54. The molecule has 7 heteroatoms. The first-order chi connectivity index (χ1) is 13.9. The molecule has 6 nitrogen and oxygen atoms in total. The van der Waals surface area contributed by atoms with Crippen LogP contribution < -0.4 is 9.64 Å². The summed E-state index contributed by atoms with van der Waals surface area (Å²) in [6, 6.07) is 14.5. The summed E-state index contributed by atoms with van der Waals surface area (Å²) < 4.78 is 6.07. The van der Waals surface area contributed by atoms with Crippen molar-refractivity contribution >= 4 is 17.3 Å². The molecule has 0 saturated heterocycles. The van der Waals surface area contributed by atoms with Crippen molar-refractivity contribution in [1.29, 1.82) is 5.26 Å². The van der Waals surface area contributed by atoms with E-state index in [-0.39, 0.29) is 0 Å². The molecule has 0 aliphatic carbocycles. The van der Waals surface area contributed by atoms with Crippen molar-refractivity contribution in [3.05, 3.63) is 76.8 Å². The highest BCUT2D eigenvalue weighted by Crippen LogP contribution is 2.45. The van der Waals surface area contributed by atoms with Gasteiger partial charge in [0.1, 0.15) is 23.3 Å². The minimum Gasteiger partial charge on any atom is -0.485 e. The predicted octanol–water partition coefficient (Wildman–Crippen LogP) is 4.21. The van der Waals surface area contributed by atoms with E-state index in [9.17, 15) is 10.4 Å². The van der Waals surface area contributed by atoms with Crippen LogP contribution in [-0.4, -0.2) is 26.8 Å². The van der Waals surface area contributed by atoms with Crippen LogP contribution in [0.15, 0.2) is 54.9 Å². The number of aliphatic hydroxyl groups excluding tert-OH is 1. The van der Waals surface area contributed by atoms with Crippen molar-refractivity contribution in [3.63, 3.8) is 0 Å². The number of nitriles is 1. The topological polar surface area (TPSA) is 85.2 Å². The summed E-state index contributed by atoms with van der Waals surface area (Å²) in [5.74, 6) is 1.41. The summed E-state index contributed by atoms with van der Waals surface area (Å²) in [6.45, 7) is 4.15. The van der Waals surface area contributed by atoms with E-state index in [0.717, 1.165) is 17.1 Å². The van der Waals surface area contributed by atoms with Crippen LogP contribution >= 0.6 is 11.6 Å². The Morgan fingerprint density at radius 1 is 1.28 bits per heavy atom. The van der Waals surface area contributed by atoms with E-state index in [0.29, 0.717) is 22.9 Å². The molecule has 0 spiro atoms. The standard InChI is InChI=1S/C22H21ClN4O2/c1-22(2)21(28)20(17-11-14(12-24)3-8-18(17)29-22)27(13-19-25-9-10-26-19)16-6-4-15(23)5-7-16/h3-11,20-21,28H,13H2,1-2H3,(H,25,26)/t20?,21-/m1/s1. The Bertz CT molecular complexity index is 1040. The largest absolute Gasteiger partial charge is 0.485 e. The predicted molar refractivity (Wildman–Crippen MR) is 111 cm³/mol. The molecule has 2 atom stereocenters. The minimum absolute atomic E-state index is 0.433. The second kappa shape index (κ2) is 7.43. The molecular weight excluding hydrogens is 388 g/mol. The molecule has 2 N–H and O–H groups in total. The number of benzene rings is 2. The number of nitrogens with zero attached hydrogens (tertiary/aromatic N) is 3. The smallest absolute Gasteiger partial charge is 0.132 e. The lowest BCUT2D eigenvalue weighted by molar-refractivity contribution is -0.0590. The Morgan fingerprint density at radius 2 is 2.03 bits per heavy atom. The van der Waals surface area contributed by atoms with Gasteiger partial charge in [-0.1, -0.05) is 11.6 Å². The Hall–Kier alpha value is -3.01. The third kappa shape index (κ3) is 3.67. The maximum atomic E-state index is 11.3. The van der Waals surface area contributed by atoms with Gasteiger partial charge in [0.05, 0.1) is 24.2 Å². The number of ether oxygens (including phenoxy) is 1.